The third-order valence-electron chi connectivity index (χ3n) is 4.73. The molecule has 3 rings (SSSR count). The van der Waals surface area contributed by atoms with Crippen molar-refractivity contribution in [2.45, 2.75) is 46.1 Å². The molecular weight excluding hydrogens is 330 g/mol. The number of ether oxygens (including phenoxy) is 1. The predicted molar refractivity (Wildman–Crippen MR) is 100 cm³/mol. The summed E-state index contributed by atoms with van der Waals surface area (Å²) in [5.41, 5.74) is 1.41. The SMILES string of the molecule is CCOc1cc(=O)c(C(=O)N2CCCCC2C)nn1-c1ccc(C)cc1. The number of carbonyl (C=O) groups is 1. The van der Waals surface area contributed by atoms with Crippen molar-refractivity contribution in [1.82, 2.24) is 14.7 Å². The van der Waals surface area contributed by atoms with Gasteiger partial charge in [0, 0.05) is 12.6 Å². The number of rotatable bonds is 4. The third-order valence-corrected chi connectivity index (χ3v) is 4.73. The number of aryl methyl sites for hydroxylation is 1. The van der Waals surface area contributed by atoms with Crippen LogP contribution in [0.25, 0.3) is 5.69 Å². The van der Waals surface area contributed by atoms with E-state index in [1.54, 1.807) is 4.90 Å². The van der Waals surface area contributed by atoms with Crippen LogP contribution in [0, 0.1) is 6.92 Å². The summed E-state index contributed by atoms with van der Waals surface area (Å²) in [5.74, 6) is 0.0377. The van der Waals surface area contributed by atoms with Crippen molar-refractivity contribution in [3.8, 4) is 11.6 Å². The van der Waals surface area contributed by atoms with Gasteiger partial charge < -0.3 is 9.64 Å². The Morgan fingerprint density at radius 1 is 1.27 bits per heavy atom. The second-order valence-corrected chi connectivity index (χ2v) is 6.72. The van der Waals surface area contributed by atoms with Gasteiger partial charge in [0.1, 0.15) is 0 Å². The molecule has 1 atom stereocenters. The van der Waals surface area contributed by atoms with Crippen molar-refractivity contribution < 1.29 is 9.53 Å². The van der Waals surface area contributed by atoms with Crippen molar-refractivity contribution in [1.29, 1.82) is 0 Å². The fourth-order valence-electron chi connectivity index (χ4n) is 3.25. The van der Waals surface area contributed by atoms with E-state index in [9.17, 15) is 9.59 Å². The van der Waals surface area contributed by atoms with Crippen molar-refractivity contribution >= 4 is 5.91 Å². The van der Waals surface area contributed by atoms with E-state index >= 15 is 0 Å². The molecule has 1 saturated heterocycles. The molecule has 0 aliphatic carbocycles. The lowest BCUT2D eigenvalue weighted by Crippen LogP contribution is -2.44. The minimum atomic E-state index is -0.403. The first kappa shape index (κ1) is 18.2. The van der Waals surface area contributed by atoms with Crippen LogP contribution in [-0.2, 0) is 0 Å². The van der Waals surface area contributed by atoms with Crippen LogP contribution in [0.5, 0.6) is 5.88 Å². The van der Waals surface area contributed by atoms with Gasteiger partial charge in [-0.3, -0.25) is 9.59 Å². The Morgan fingerprint density at radius 3 is 2.65 bits per heavy atom. The zero-order chi connectivity index (χ0) is 18.7. The molecule has 138 valence electrons. The number of piperidine rings is 1. The summed E-state index contributed by atoms with van der Waals surface area (Å²) in [4.78, 5) is 27.2. The molecule has 6 nitrogen and oxygen atoms in total. The van der Waals surface area contributed by atoms with Crippen LogP contribution in [0.15, 0.2) is 35.1 Å². The summed E-state index contributed by atoms with van der Waals surface area (Å²) in [6.07, 6.45) is 3.02. The smallest absolute Gasteiger partial charge is 0.278 e. The van der Waals surface area contributed by atoms with E-state index in [1.807, 2.05) is 45.0 Å². The average molecular weight is 355 g/mol. The van der Waals surface area contributed by atoms with Crippen LogP contribution in [0.1, 0.15) is 49.2 Å². The Balaban J connectivity index is 2.06. The van der Waals surface area contributed by atoms with E-state index in [0.29, 0.717) is 19.0 Å². The molecule has 1 fully saturated rings. The minimum absolute atomic E-state index is 0.0530. The van der Waals surface area contributed by atoms with E-state index in [4.69, 9.17) is 4.74 Å². The van der Waals surface area contributed by atoms with Gasteiger partial charge in [0.15, 0.2) is 5.69 Å². The number of aromatic nitrogens is 2. The van der Waals surface area contributed by atoms with E-state index < -0.39 is 5.43 Å². The van der Waals surface area contributed by atoms with Gasteiger partial charge in [-0.05, 0) is 52.2 Å². The van der Waals surface area contributed by atoms with Gasteiger partial charge in [-0.25, -0.2) is 4.68 Å². The Kier molecular flexibility index (Phi) is 5.40. The molecule has 1 aromatic heterocycles. The largest absolute Gasteiger partial charge is 0.478 e. The molecule has 1 aromatic carbocycles. The molecule has 0 saturated carbocycles. The fourth-order valence-corrected chi connectivity index (χ4v) is 3.25. The van der Waals surface area contributed by atoms with Crippen LogP contribution in [0.3, 0.4) is 0 Å². The molecular formula is C20H25N3O3. The molecule has 1 amide bonds. The lowest BCUT2D eigenvalue weighted by molar-refractivity contribution is 0.0625. The highest BCUT2D eigenvalue weighted by molar-refractivity contribution is 5.92. The van der Waals surface area contributed by atoms with E-state index in [0.717, 1.165) is 30.5 Å². The Labute approximate surface area is 153 Å². The monoisotopic (exact) mass is 355 g/mol. The van der Waals surface area contributed by atoms with Crippen LogP contribution in [-0.4, -0.2) is 39.8 Å². The zero-order valence-corrected chi connectivity index (χ0v) is 15.6. The quantitative estimate of drug-likeness (QED) is 0.846. The minimum Gasteiger partial charge on any atom is -0.478 e. The molecule has 1 aliphatic heterocycles. The van der Waals surface area contributed by atoms with Crippen LogP contribution in [0.2, 0.25) is 0 Å². The number of hydrogen-bond acceptors (Lipinski definition) is 4. The summed E-state index contributed by atoms with van der Waals surface area (Å²) < 4.78 is 7.11. The summed E-state index contributed by atoms with van der Waals surface area (Å²) in [7, 11) is 0. The number of nitrogens with zero attached hydrogens (tertiary/aromatic N) is 3. The van der Waals surface area contributed by atoms with Crippen molar-refractivity contribution in [2.24, 2.45) is 0 Å². The molecule has 2 aromatic rings. The van der Waals surface area contributed by atoms with Crippen LogP contribution in [0.4, 0.5) is 0 Å². The number of amides is 1. The van der Waals surface area contributed by atoms with E-state index in [2.05, 4.69) is 5.10 Å². The second kappa shape index (κ2) is 7.72. The summed E-state index contributed by atoms with van der Waals surface area (Å²) >= 11 is 0. The lowest BCUT2D eigenvalue weighted by atomic mass is 10.0. The molecule has 0 spiro atoms. The second-order valence-electron chi connectivity index (χ2n) is 6.72. The summed E-state index contributed by atoms with van der Waals surface area (Å²) in [6.45, 7) is 6.93. The summed E-state index contributed by atoms with van der Waals surface area (Å²) in [6, 6.07) is 9.19. The van der Waals surface area contributed by atoms with E-state index in [1.165, 1.54) is 10.7 Å². The first-order valence-corrected chi connectivity index (χ1v) is 9.16. The van der Waals surface area contributed by atoms with Gasteiger partial charge in [-0.2, -0.15) is 5.10 Å². The van der Waals surface area contributed by atoms with Gasteiger partial charge in [0.2, 0.25) is 11.3 Å². The molecule has 26 heavy (non-hydrogen) atoms. The fraction of sp³-hybridized carbons (Fsp3) is 0.450. The Bertz CT molecular complexity index is 842. The highest BCUT2D eigenvalue weighted by Gasteiger charge is 2.28. The highest BCUT2D eigenvalue weighted by atomic mass is 16.5. The maximum atomic E-state index is 12.9. The topological polar surface area (TPSA) is 64.4 Å². The molecule has 1 aliphatic rings. The van der Waals surface area contributed by atoms with Crippen molar-refractivity contribution in [3.05, 3.63) is 51.8 Å². The first-order chi connectivity index (χ1) is 12.5. The lowest BCUT2D eigenvalue weighted by Gasteiger charge is -2.33. The van der Waals surface area contributed by atoms with E-state index in [-0.39, 0.29) is 17.6 Å². The van der Waals surface area contributed by atoms with Gasteiger partial charge >= 0.3 is 0 Å². The third kappa shape index (κ3) is 3.64. The number of hydrogen-bond donors (Lipinski definition) is 0. The van der Waals surface area contributed by atoms with Crippen molar-refractivity contribution in [3.63, 3.8) is 0 Å². The van der Waals surface area contributed by atoms with Crippen LogP contribution < -0.4 is 10.2 Å². The Hall–Kier alpha value is -2.63. The number of benzene rings is 1. The van der Waals surface area contributed by atoms with Crippen LogP contribution >= 0.6 is 0 Å². The maximum absolute atomic E-state index is 12.9. The zero-order valence-electron chi connectivity index (χ0n) is 15.6. The maximum Gasteiger partial charge on any atom is 0.278 e. The van der Waals surface area contributed by atoms with Gasteiger partial charge in [0.25, 0.3) is 5.91 Å². The highest BCUT2D eigenvalue weighted by Crippen LogP contribution is 2.20. The molecule has 1 unspecified atom stereocenters. The van der Waals surface area contributed by atoms with Gasteiger partial charge in [0.05, 0.1) is 18.4 Å². The number of carbonyl (C=O) groups excluding carboxylic acids is 1. The molecule has 6 heteroatoms. The van der Waals surface area contributed by atoms with Gasteiger partial charge in [-0.1, -0.05) is 17.7 Å². The number of likely N-dealkylation sites (tertiary alicyclic amines) is 1. The Morgan fingerprint density at radius 2 is 2.00 bits per heavy atom. The molecule has 0 N–H and O–H groups in total. The molecule has 0 radical (unpaired) electrons. The average Bonchev–Trinajstić information content (AvgIpc) is 2.63. The first-order valence-electron chi connectivity index (χ1n) is 9.16. The van der Waals surface area contributed by atoms with Gasteiger partial charge in [-0.15, -0.1) is 0 Å². The molecule has 2 heterocycles. The standard InChI is InChI=1S/C20H25N3O3/c1-4-26-18-13-17(24)19(20(25)22-12-6-5-7-15(22)3)21-23(18)16-10-8-14(2)9-11-16/h8-11,13,15H,4-7,12H2,1-3H3. The normalized spacial score (nSPS) is 17.2. The molecule has 0 bridgehead atoms. The van der Waals surface area contributed by atoms with Crippen molar-refractivity contribution in [2.75, 3.05) is 13.2 Å². The predicted octanol–water partition coefficient (Wildman–Crippen LogP) is 2.95. The summed E-state index contributed by atoms with van der Waals surface area (Å²) in [5, 5.41) is 4.39.